The zero-order chi connectivity index (χ0) is 15.8. The number of methoxy groups -OCH3 is 1. The Labute approximate surface area is 133 Å². The maximum absolute atomic E-state index is 12.2. The van der Waals surface area contributed by atoms with Gasteiger partial charge in [-0.15, -0.1) is 11.3 Å². The van der Waals surface area contributed by atoms with Crippen LogP contribution in [0.15, 0.2) is 41.8 Å². The average molecular weight is 318 g/mol. The van der Waals surface area contributed by atoms with E-state index in [2.05, 4.69) is 10.6 Å². The molecule has 5 nitrogen and oxygen atoms in total. The standard InChI is InChI=1S/C16H18N2O3S/c1-21-9-8-17-14(19)11-18-16(20)15-13(7-10-22-15)12-5-3-2-4-6-12/h2-7,10H,8-9,11H2,1H3,(H,17,19)(H,18,20). The molecule has 0 aliphatic rings. The summed E-state index contributed by atoms with van der Waals surface area (Å²) in [4.78, 5) is 24.4. The van der Waals surface area contributed by atoms with Crippen molar-refractivity contribution in [3.8, 4) is 11.1 Å². The van der Waals surface area contributed by atoms with Crippen LogP contribution in [0.1, 0.15) is 9.67 Å². The van der Waals surface area contributed by atoms with Crippen LogP contribution in [0.3, 0.4) is 0 Å². The smallest absolute Gasteiger partial charge is 0.262 e. The van der Waals surface area contributed by atoms with E-state index in [0.29, 0.717) is 18.0 Å². The molecular formula is C16H18N2O3S. The van der Waals surface area contributed by atoms with E-state index >= 15 is 0 Å². The quantitative estimate of drug-likeness (QED) is 0.766. The van der Waals surface area contributed by atoms with Crippen LogP contribution >= 0.6 is 11.3 Å². The predicted molar refractivity (Wildman–Crippen MR) is 87.0 cm³/mol. The second kappa shape index (κ2) is 8.31. The molecule has 2 N–H and O–H groups in total. The highest BCUT2D eigenvalue weighted by atomic mass is 32.1. The Kier molecular flexibility index (Phi) is 6.12. The van der Waals surface area contributed by atoms with Crippen LogP contribution in [0.5, 0.6) is 0 Å². The van der Waals surface area contributed by atoms with Crippen LogP contribution in [0.25, 0.3) is 11.1 Å². The average Bonchev–Trinajstić information content (AvgIpc) is 3.03. The van der Waals surface area contributed by atoms with E-state index in [1.165, 1.54) is 11.3 Å². The SMILES string of the molecule is COCCNC(=O)CNC(=O)c1sccc1-c1ccccc1. The maximum Gasteiger partial charge on any atom is 0.262 e. The van der Waals surface area contributed by atoms with Crippen molar-refractivity contribution in [1.82, 2.24) is 10.6 Å². The number of nitrogens with one attached hydrogen (secondary N) is 2. The van der Waals surface area contributed by atoms with E-state index in [-0.39, 0.29) is 18.4 Å². The largest absolute Gasteiger partial charge is 0.383 e. The van der Waals surface area contributed by atoms with Gasteiger partial charge in [0.05, 0.1) is 18.0 Å². The van der Waals surface area contributed by atoms with E-state index in [4.69, 9.17) is 4.74 Å². The third-order valence-electron chi connectivity index (χ3n) is 2.99. The van der Waals surface area contributed by atoms with Crippen molar-refractivity contribution in [2.45, 2.75) is 0 Å². The van der Waals surface area contributed by atoms with Crippen LogP contribution in [0.4, 0.5) is 0 Å². The van der Waals surface area contributed by atoms with E-state index < -0.39 is 0 Å². The molecule has 0 radical (unpaired) electrons. The lowest BCUT2D eigenvalue weighted by Crippen LogP contribution is -2.38. The number of rotatable bonds is 7. The molecule has 0 spiro atoms. The van der Waals surface area contributed by atoms with Crippen molar-refractivity contribution in [1.29, 1.82) is 0 Å². The number of carbonyl (C=O) groups excluding carboxylic acids is 2. The minimum atomic E-state index is -0.240. The second-order valence-corrected chi connectivity index (χ2v) is 5.47. The number of ether oxygens (including phenoxy) is 1. The number of amides is 2. The van der Waals surface area contributed by atoms with Crippen LogP contribution in [0.2, 0.25) is 0 Å². The normalized spacial score (nSPS) is 10.2. The maximum atomic E-state index is 12.2. The molecule has 1 aromatic heterocycles. The number of hydrogen-bond acceptors (Lipinski definition) is 4. The molecule has 0 aliphatic heterocycles. The van der Waals surface area contributed by atoms with Gasteiger partial charge in [-0.2, -0.15) is 0 Å². The Bertz CT molecular complexity index is 625. The van der Waals surface area contributed by atoms with Crippen molar-refractivity contribution >= 4 is 23.2 Å². The molecule has 22 heavy (non-hydrogen) atoms. The first kappa shape index (κ1) is 16.2. The molecular weight excluding hydrogens is 300 g/mol. The van der Waals surface area contributed by atoms with Gasteiger partial charge in [0.1, 0.15) is 0 Å². The van der Waals surface area contributed by atoms with Crippen molar-refractivity contribution in [2.75, 3.05) is 26.8 Å². The molecule has 0 unspecified atom stereocenters. The van der Waals surface area contributed by atoms with E-state index in [0.717, 1.165) is 11.1 Å². The van der Waals surface area contributed by atoms with Crippen LogP contribution in [0, 0.1) is 0 Å². The van der Waals surface area contributed by atoms with E-state index in [9.17, 15) is 9.59 Å². The number of benzene rings is 1. The third-order valence-corrected chi connectivity index (χ3v) is 3.91. The van der Waals surface area contributed by atoms with Crippen LogP contribution in [-0.2, 0) is 9.53 Å². The molecule has 116 valence electrons. The molecule has 2 aromatic rings. The molecule has 2 rings (SSSR count). The molecule has 2 amide bonds. The van der Waals surface area contributed by atoms with Crippen molar-refractivity contribution in [3.05, 3.63) is 46.7 Å². The highest BCUT2D eigenvalue weighted by molar-refractivity contribution is 7.12. The summed E-state index contributed by atoms with van der Waals surface area (Å²) < 4.78 is 4.84. The lowest BCUT2D eigenvalue weighted by Gasteiger charge is -2.07. The van der Waals surface area contributed by atoms with Gasteiger partial charge in [0.25, 0.3) is 5.91 Å². The third kappa shape index (κ3) is 4.41. The van der Waals surface area contributed by atoms with Gasteiger partial charge in [-0.1, -0.05) is 30.3 Å². The number of thiophene rings is 1. The fourth-order valence-electron chi connectivity index (χ4n) is 1.93. The highest BCUT2D eigenvalue weighted by Gasteiger charge is 2.15. The summed E-state index contributed by atoms with van der Waals surface area (Å²) in [7, 11) is 1.57. The van der Waals surface area contributed by atoms with Gasteiger partial charge >= 0.3 is 0 Å². The van der Waals surface area contributed by atoms with Gasteiger partial charge in [-0.3, -0.25) is 9.59 Å². The molecule has 0 aliphatic carbocycles. The fraction of sp³-hybridized carbons (Fsp3) is 0.250. The Balaban J connectivity index is 1.94. The first-order valence-corrected chi connectivity index (χ1v) is 7.77. The fourth-order valence-corrected chi connectivity index (χ4v) is 2.76. The van der Waals surface area contributed by atoms with Gasteiger partial charge in [-0.05, 0) is 17.0 Å². The lowest BCUT2D eigenvalue weighted by molar-refractivity contribution is -0.120. The van der Waals surface area contributed by atoms with Crippen LogP contribution < -0.4 is 10.6 Å². The summed E-state index contributed by atoms with van der Waals surface area (Å²) in [6.45, 7) is 0.830. The lowest BCUT2D eigenvalue weighted by atomic mass is 10.1. The van der Waals surface area contributed by atoms with Crippen molar-refractivity contribution in [3.63, 3.8) is 0 Å². The summed E-state index contributed by atoms with van der Waals surface area (Å²) in [5.74, 6) is -0.473. The minimum Gasteiger partial charge on any atom is -0.383 e. The van der Waals surface area contributed by atoms with Gasteiger partial charge in [0.2, 0.25) is 5.91 Å². The number of hydrogen-bond donors (Lipinski definition) is 2. The van der Waals surface area contributed by atoms with Gasteiger partial charge in [-0.25, -0.2) is 0 Å². The Morgan fingerprint density at radius 3 is 2.64 bits per heavy atom. The Morgan fingerprint density at radius 1 is 1.14 bits per heavy atom. The van der Waals surface area contributed by atoms with Crippen molar-refractivity contribution < 1.29 is 14.3 Å². The second-order valence-electron chi connectivity index (χ2n) is 4.55. The van der Waals surface area contributed by atoms with E-state index in [1.807, 2.05) is 41.8 Å². The van der Waals surface area contributed by atoms with E-state index in [1.54, 1.807) is 7.11 Å². The van der Waals surface area contributed by atoms with Crippen molar-refractivity contribution in [2.24, 2.45) is 0 Å². The Morgan fingerprint density at radius 2 is 1.91 bits per heavy atom. The molecule has 6 heteroatoms. The van der Waals surface area contributed by atoms with Crippen LogP contribution in [-0.4, -0.2) is 38.6 Å². The molecule has 0 atom stereocenters. The molecule has 1 aromatic carbocycles. The summed E-state index contributed by atoms with van der Waals surface area (Å²) in [5, 5.41) is 7.17. The summed E-state index contributed by atoms with van der Waals surface area (Å²) >= 11 is 1.36. The molecule has 0 bridgehead atoms. The molecule has 0 fully saturated rings. The minimum absolute atomic E-state index is 0.0469. The molecule has 0 saturated carbocycles. The van der Waals surface area contributed by atoms with Gasteiger partial charge < -0.3 is 15.4 Å². The Hall–Kier alpha value is -2.18. The first-order chi connectivity index (χ1) is 10.7. The predicted octanol–water partition coefficient (Wildman–Crippen LogP) is 1.91. The topological polar surface area (TPSA) is 67.4 Å². The van der Waals surface area contributed by atoms with Gasteiger partial charge in [0, 0.05) is 19.2 Å². The zero-order valence-electron chi connectivity index (χ0n) is 12.3. The monoisotopic (exact) mass is 318 g/mol. The zero-order valence-corrected chi connectivity index (χ0v) is 13.1. The summed E-state index contributed by atoms with van der Waals surface area (Å²) in [6, 6.07) is 11.6. The molecule has 0 saturated heterocycles. The highest BCUT2D eigenvalue weighted by Crippen LogP contribution is 2.27. The van der Waals surface area contributed by atoms with Gasteiger partial charge in [0.15, 0.2) is 0 Å². The number of carbonyl (C=O) groups is 2. The summed E-state index contributed by atoms with van der Waals surface area (Å²) in [6.07, 6.45) is 0. The summed E-state index contributed by atoms with van der Waals surface area (Å²) in [5.41, 5.74) is 1.86. The first-order valence-electron chi connectivity index (χ1n) is 6.89. The molecule has 1 heterocycles.